The van der Waals surface area contributed by atoms with Crippen LogP contribution >= 0.6 is 22.7 Å². The Morgan fingerprint density at radius 1 is 0.375 bits per heavy atom. The van der Waals surface area contributed by atoms with Crippen LogP contribution in [0.5, 0.6) is 0 Å². The van der Waals surface area contributed by atoms with Gasteiger partial charge in [-0.3, -0.25) is 9.59 Å². The topological polar surface area (TPSA) is 40.6 Å². The van der Waals surface area contributed by atoms with Crippen molar-refractivity contribution in [2.45, 2.75) is 26.2 Å². The van der Waals surface area contributed by atoms with Gasteiger partial charge in [-0.1, -0.05) is 86.9 Å². The van der Waals surface area contributed by atoms with Gasteiger partial charge in [0, 0.05) is 74.5 Å². The summed E-state index contributed by atoms with van der Waals surface area (Å²) in [7, 11) is -4.51. The van der Waals surface area contributed by atoms with Gasteiger partial charge in [0.1, 0.15) is 16.1 Å². The molecule has 0 saturated heterocycles. The van der Waals surface area contributed by atoms with Gasteiger partial charge in [-0.2, -0.15) is 0 Å². The molecule has 0 aliphatic carbocycles. The fraction of sp³-hybridized carbons (Fsp3) is 0.0833. The maximum atomic E-state index is 13.7. The lowest BCUT2D eigenvalue weighted by molar-refractivity contribution is 1.27. The van der Waals surface area contributed by atoms with Gasteiger partial charge in [-0.25, -0.2) is 0 Å². The first-order valence-corrected chi connectivity index (χ1v) is 26.6. The van der Waals surface area contributed by atoms with Crippen molar-refractivity contribution in [3.8, 4) is 0 Å². The van der Waals surface area contributed by atoms with Crippen LogP contribution in [0.3, 0.4) is 0 Å². The number of para-hydroxylation sites is 2. The number of benzene rings is 7. The van der Waals surface area contributed by atoms with E-state index in [0.29, 0.717) is 0 Å². The minimum atomic E-state index is -2.25. The van der Waals surface area contributed by atoms with Gasteiger partial charge in [-0.15, -0.1) is 22.7 Å². The number of anilines is 6. The van der Waals surface area contributed by atoms with Crippen molar-refractivity contribution in [1.82, 2.24) is 0 Å². The fourth-order valence-electron chi connectivity index (χ4n) is 9.31. The van der Waals surface area contributed by atoms with E-state index in [1.807, 2.05) is 60.7 Å². The Balaban J connectivity index is 1.18. The van der Waals surface area contributed by atoms with Crippen molar-refractivity contribution in [1.29, 1.82) is 0 Å². The molecule has 0 spiro atoms. The molecule has 2 aromatic heterocycles. The molecule has 9 aromatic rings. The average molecular weight is 793 g/mol. The molecular formula is C48H36N2O2S2Si2. The normalized spacial score (nSPS) is 15.1. The zero-order valence-corrected chi connectivity index (χ0v) is 35.0. The maximum absolute atomic E-state index is 13.7. The molecule has 11 rings (SSSR count). The summed E-state index contributed by atoms with van der Waals surface area (Å²) in [6, 6.07) is 51.5. The SMILES string of the molecule is C[Si]1(C)c2ccccc2N(c2ccc3c(=O)c4ccccc4sc3c2)c2cc3c(cc21)N(c1ccc2c(=O)c4ccccc4sc2c1)c1ccccc1[Si]3(C)C. The minimum Gasteiger partial charge on any atom is -0.311 e. The van der Waals surface area contributed by atoms with Crippen LogP contribution < -0.4 is 41.4 Å². The summed E-state index contributed by atoms with van der Waals surface area (Å²) < 4.78 is 3.99. The molecule has 7 aromatic carbocycles. The standard InChI is InChI=1S/C48H36N2O2S2Si2/c1-55(2)43-19-11-7-15-35(43)49(29-21-23-33-41(25-29)53-39-17-9-5-13-31(39)47(33)51)37-28-46-38(27-45(37)55)50(36-16-8-12-20-44(36)56(46,3)4)30-22-24-34-42(26-30)54-40-18-10-6-14-32(40)48(34)52/h5-28H,1-4H3. The molecule has 2 aliphatic rings. The first-order chi connectivity index (χ1) is 27.1. The Kier molecular flexibility index (Phi) is 7.17. The van der Waals surface area contributed by atoms with Crippen LogP contribution in [0.2, 0.25) is 26.2 Å². The largest absolute Gasteiger partial charge is 0.311 e. The first kappa shape index (κ1) is 33.7. The molecule has 0 atom stereocenters. The highest BCUT2D eigenvalue weighted by Gasteiger charge is 2.44. The summed E-state index contributed by atoms with van der Waals surface area (Å²) in [4.78, 5) is 32.3. The van der Waals surface area contributed by atoms with Crippen molar-refractivity contribution in [3.05, 3.63) is 166 Å². The third kappa shape index (κ3) is 4.67. The predicted molar refractivity (Wildman–Crippen MR) is 248 cm³/mol. The average Bonchev–Trinajstić information content (AvgIpc) is 3.21. The van der Waals surface area contributed by atoms with E-state index < -0.39 is 16.1 Å². The smallest absolute Gasteiger partial charge is 0.195 e. The van der Waals surface area contributed by atoms with Crippen molar-refractivity contribution >= 4 is 134 Å². The summed E-state index contributed by atoms with van der Waals surface area (Å²) >= 11 is 3.37. The Hall–Kier alpha value is -5.65. The Morgan fingerprint density at radius 2 is 0.750 bits per heavy atom. The van der Waals surface area contributed by atoms with Crippen LogP contribution in [-0.4, -0.2) is 16.1 Å². The van der Waals surface area contributed by atoms with Gasteiger partial charge >= 0.3 is 0 Å². The monoisotopic (exact) mass is 792 g/mol. The van der Waals surface area contributed by atoms with Crippen molar-refractivity contribution in [3.63, 3.8) is 0 Å². The van der Waals surface area contributed by atoms with Gasteiger partial charge in [0.25, 0.3) is 0 Å². The third-order valence-corrected chi connectivity index (χ3v) is 21.5. The Morgan fingerprint density at radius 3 is 1.20 bits per heavy atom. The first-order valence-electron chi connectivity index (χ1n) is 19.0. The molecule has 0 saturated carbocycles. The lowest BCUT2D eigenvalue weighted by Gasteiger charge is -2.46. The molecule has 4 heterocycles. The minimum absolute atomic E-state index is 0.0867. The molecule has 8 heteroatoms. The zero-order chi connectivity index (χ0) is 38.1. The summed E-state index contributed by atoms with van der Waals surface area (Å²) in [6.07, 6.45) is 0. The number of hydrogen-bond acceptors (Lipinski definition) is 6. The van der Waals surface area contributed by atoms with Gasteiger partial charge in [-0.05, 0) is 106 Å². The third-order valence-electron chi connectivity index (χ3n) is 12.2. The van der Waals surface area contributed by atoms with E-state index in [4.69, 9.17) is 0 Å². The van der Waals surface area contributed by atoms with E-state index in [2.05, 4.69) is 121 Å². The Bertz CT molecular complexity index is 3080. The summed E-state index contributed by atoms with van der Waals surface area (Å²) in [5.74, 6) is 0. The lowest BCUT2D eigenvalue weighted by Crippen LogP contribution is -2.62. The highest BCUT2D eigenvalue weighted by atomic mass is 32.1. The lowest BCUT2D eigenvalue weighted by atomic mass is 10.1. The van der Waals surface area contributed by atoms with E-state index in [9.17, 15) is 9.59 Å². The molecule has 270 valence electrons. The molecule has 0 amide bonds. The molecule has 56 heavy (non-hydrogen) atoms. The van der Waals surface area contributed by atoms with Crippen LogP contribution in [0.15, 0.2) is 155 Å². The highest BCUT2D eigenvalue weighted by molar-refractivity contribution is 7.25. The van der Waals surface area contributed by atoms with Gasteiger partial charge in [0.2, 0.25) is 0 Å². The van der Waals surface area contributed by atoms with Crippen molar-refractivity contribution in [2.24, 2.45) is 0 Å². The summed E-state index contributed by atoms with van der Waals surface area (Å²) in [5.41, 5.74) is 7.19. The van der Waals surface area contributed by atoms with Gasteiger partial charge in [0.15, 0.2) is 10.9 Å². The summed E-state index contributed by atoms with van der Waals surface area (Å²) in [6.45, 7) is 9.92. The predicted octanol–water partition coefficient (Wildman–Crippen LogP) is 10.4. The van der Waals surface area contributed by atoms with Crippen LogP contribution in [0.4, 0.5) is 34.1 Å². The summed E-state index contributed by atoms with van der Waals surface area (Å²) in [5, 5.41) is 8.62. The molecular weight excluding hydrogens is 757 g/mol. The molecule has 2 aliphatic heterocycles. The number of rotatable bonds is 2. The fourth-order valence-corrected chi connectivity index (χ4v) is 17.4. The molecule has 4 nitrogen and oxygen atoms in total. The zero-order valence-electron chi connectivity index (χ0n) is 31.4. The number of hydrogen-bond donors (Lipinski definition) is 0. The Labute approximate surface area is 334 Å². The molecule has 0 bridgehead atoms. The molecule has 0 N–H and O–H groups in total. The maximum Gasteiger partial charge on any atom is 0.195 e. The second-order valence-electron chi connectivity index (χ2n) is 16.1. The molecule has 0 unspecified atom stereocenters. The molecule has 0 fully saturated rings. The second-order valence-corrected chi connectivity index (χ2v) is 26.9. The highest BCUT2D eigenvalue weighted by Crippen LogP contribution is 2.45. The van der Waals surface area contributed by atoms with E-state index in [1.165, 1.54) is 43.5 Å². The van der Waals surface area contributed by atoms with Gasteiger partial charge < -0.3 is 9.80 Å². The van der Waals surface area contributed by atoms with Crippen LogP contribution in [-0.2, 0) is 0 Å². The number of fused-ring (bicyclic) bond motifs is 8. The van der Waals surface area contributed by atoms with Crippen LogP contribution in [0, 0.1) is 0 Å². The molecule has 0 radical (unpaired) electrons. The van der Waals surface area contributed by atoms with Gasteiger partial charge in [0.05, 0.1) is 0 Å². The van der Waals surface area contributed by atoms with E-state index in [1.54, 1.807) is 22.7 Å². The van der Waals surface area contributed by atoms with E-state index in [0.717, 1.165) is 51.7 Å². The van der Waals surface area contributed by atoms with Crippen LogP contribution in [0.25, 0.3) is 40.3 Å². The number of nitrogens with zero attached hydrogens (tertiary/aromatic N) is 2. The van der Waals surface area contributed by atoms with E-state index in [-0.39, 0.29) is 10.9 Å². The van der Waals surface area contributed by atoms with Crippen molar-refractivity contribution in [2.75, 3.05) is 9.80 Å². The quantitative estimate of drug-likeness (QED) is 0.129. The van der Waals surface area contributed by atoms with Crippen molar-refractivity contribution < 1.29 is 0 Å². The van der Waals surface area contributed by atoms with E-state index >= 15 is 0 Å². The second kappa shape index (κ2) is 11.9. The van der Waals surface area contributed by atoms with Crippen LogP contribution in [0.1, 0.15) is 0 Å².